The van der Waals surface area contributed by atoms with Gasteiger partial charge < -0.3 is 10.1 Å². The van der Waals surface area contributed by atoms with Crippen LogP contribution in [0.5, 0.6) is 11.5 Å². The quantitative estimate of drug-likeness (QED) is 0.139. The third kappa shape index (κ3) is 5.91. The lowest BCUT2D eigenvalue weighted by Gasteiger charge is -2.17. The van der Waals surface area contributed by atoms with Crippen molar-refractivity contribution >= 4 is 40.0 Å². The van der Waals surface area contributed by atoms with Gasteiger partial charge in [-0.15, -0.1) is 0 Å². The highest BCUT2D eigenvalue weighted by Gasteiger charge is 2.21. The number of anilines is 1. The summed E-state index contributed by atoms with van der Waals surface area (Å²) in [5.41, 5.74) is 2.08. The summed E-state index contributed by atoms with van der Waals surface area (Å²) in [4.78, 5) is 42.9. The molecule has 0 saturated heterocycles. The second-order valence-corrected chi connectivity index (χ2v) is 10.2. The molecule has 0 radical (unpaired) electrons. The van der Waals surface area contributed by atoms with Crippen LogP contribution in [-0.4, -0.2) is 26.5 Å². The second-order valence-electron chi connectivity index (χ2n) is 8.84. The fourth-order valence-electron chi connectivity index (χ4n) is 3.95. The number of ether oxygens (including phenoxy) is 1. The molecule has 0 spiro atoms. The SMILES string of the molecule is CC(=O)c1ccc(NC(=O)C(C)Sc2nc3ccccc3c(=O)n2-c2ccc(Oc3ccccc3)cc2)cc1. The minimum atomic E-state index is -0.572. The van der Waals surface area contributed by atoms with Crippen LogP contribution in [0.15, 0.2) is 113 Å². The number of aromatic nitrogens is 2. The zero-order valence-corrected chi connectivity index (χ0v) is 22.1. The summed E-state index contributed by atoms with van der Waals surface area (Å²) < 4.78 is 7.41. The fraction of sp³-hybridized carbons (Fsp3) is 0.0968. The van der Waals surface area contributed by atoms with Crippen molar-refractivity contribution in [2.24, 2.45) is 0 Å². The number of carbonyl (C=O) groups excluding carboxylic acids is 2. The lowest BCUT2D eigenvalue weighted by atomic mass is 10.1. The van der Waals surface area contributed by atoms with Gasteiger partial charge >= 0.3 is 0 Å². The molecule has 0 saturated carbocycles. The zero-order valence-electron chi connectivity index (χ0n) is 21.3. The summed E-state index contributed by atoms with van der Waals surface area (Å²) >= 11 is 1.19. The minimum absolute atomic E-state index is 0.0446. The Labute approximate surface area is 229 Å². The fourth-order valence-corrected chi connectivity index (χ4v) is 4.88. The molecule has 1 unspecified atom stereocenters. The van der Waals surface area contributed by atoms with Crippen molar-refractivity contribution in [3.63, 3.8) is 0 Å². The summed E-state index contributed by atoms with van der Waals surface area (Å²) in [6.07, 6.45) is 0. The molecule has 5 rings (SSSR count). The number of ketones is 1. The van der Waals surface area contributed by atoms with E-state index < -0.39 is 5.25 Å². The largest absolute Gasteiger partial charge is 0.457 e. The number of para-hydroxylation sites is 2. The summed E-state index contributed by atoms with van der Waals surface area (Å²) in [6, 6.07) is 30.5. The van der Waals surface area contributed by atoms with Gasteiger partial charge in [0.25, 0.3) is 5.56 Å². The molecule has 7 nitrogen and oxygen atoms in total. The number of Topliss-reactive ketones (excluding diaryl/α,β-unsaturated/α-hetero) is 1. The first-order valence-corrected chi connectivity index (χ1v) is 13.2. The normalized spacial score (nSPS) is 11.6. The maximum absolute atomic E-state index is 13.6. The number of hydrogen-bond acceptors (Lipinski definition) is 6. The van der Waals surface area contributed by atoms with Gasteiger partial charge in [0.2, 0.25) is 5.91 Å². The number of amides is 1. The number of rotatable bonds is 8. The molecule has 1 aromatic heterocycles. The van der Waals surface area contributed by atoms with Crippen LogP contribution in [0.3, 0.4) is 0 Å². The van der Waals surface area contributed by atoms with Crippen molar-refractivity contribution in [3.8, 4) is 17.2 Å². The van der Waals surface area contributed by atoms with E-state index >= 15 is 0 Å². The molecule has 5 aromatic rings. The Hall–Kier alpha value is -4.69. The molecule has 1 amide bonds. The van der Waals surface area contributed by atoms with E-state index in [0.717, 1.165) is 0 Å². The van der Waals surface area contributed by atoms with Crippen LogP contribution >= 0.6 is 11.8 Å². The third-order valence-electron chi connectivity index (χ3n) is 6.03. The average molecular weight is 536 g/mol. The van der Waals surface area contributed by atoms with Crippen LogP contribution in [0.4, 0.5) is 5.69 Å². The number of nitrogens with zero attached hydrogens (tertiary/aromatic N) is 2. The number of fused-ring (bicyclic) bond motifs is 1. The van der Waals surface area contributed by atoms with E-state index in [9.17, 15) is 14.4 Å². The van der Waals surface area contributed by atoms with E-state index in [2.05, 4.69) is 5.32 Å². The Balaban J connectivity index is 1.43. The summed E-state index contributed by atoms with van der Waals surface area (Å²) in [5.74, 6) is 1.04. The van der Waals surface area contributed by atoms with Gasteiger partial charge in [0.05, 0.1) is 21.8 Å². The molecular formula is C31H25N3O4S. The monoisotopic (exact) mass is 535 g/mol. The van der Waals surface area contributed by atoms with Crippen LogP contribution in [0, 0.1) is 0 Å². The molecule has 0 aliphatic heterocycles. The smallest absolute Gasteiger partial charge is 0.266 e. The van der Waals surface area contributed by atoms with Gasteiger partial charge in [-0.25, -0.2) is 4.98 Å². The molecule has 194 valence electrons. The maximum atomic E-state index is 13.6. The van der Waals surface area contributed by atoms with Gasteiger partial charge in [0.15, 0.2) is 10.9 Å². The predicted octanol–water partition coefficient (Wildman–Crippen LogP) is 6.50. The van der Waals surface area contributed by atoms with Crippen LogP contribution in [0.2, 0.25) is 0 Å². The van der Waals surface area contributed by atoms with Crippen LogP contribution in [-0.2, 0) is 4.79 Å². The predicted molar refractivity (Wildman–Crippen MR) is 154 cm³/mol. The maximum Gasteiger partial charge on any atom is 0.266 e. The molecule has 0 aliphatic carbocycles. The van der Waals surface area contributed by atoms with E-state index in [4.69, 9.17) is 9.72 Å². The molecule has 1 N–H and O–H groups in total. The molecule has 0 bridgehead atoms. The zero-order chi connectivity index (χ0) is 27.4. The average Bonchev–Trinajstić information content (AvgIpc) is 2.95. The van der Waals surface area contributed by atoms with Crippen molar-refractivity contribution in [2.75, 3.05) is 5.32 Å². The Bertz CT molecular complexity index is 1700. The first-order chi connectivity index (χ1) is 18.9. The van der Waals surface area contributed by atoms with Gasteiger partial charge in [-0.05, 0) is 86.6 Å². The Morgan fingerprint density at radius 1 is 0.846 bits per heavy atom. The van der Waals surface area contributed by atoms with Gasteiger partial charge in [0.1, 0.15) is 11.5 Å². The van der Waals surface area contributed by atoms with Gasteiger partial charge in [-0.2, -0.15) is 0 Å². The molecule has 4 aromatic carbocycles. The lowest BCUT2D eigenvalue weighted by molar-refractivity contribution is -0.115. The van der Waals surface area contributed by atoms with Gasteiger partial charge in [-0.1, -0.05) is 42.1 Å². The summed E-state index contributed by atoms with van der Waals surface area (Å²) in [6.45, 7) is 3.25. The molecule has 8 heteroatoms. The van der Waals surface area contributed by atoms with Crippen molar-refractivity contribution in [2.45, 2.75) is 24.3 Å². The number of carbonyl (C=O) groups is 2. The van der Waals surface area contributed by atoms with Crippen molar-refractivity contribution in [3.05, 3.63) is 119 Å². The topological polar surface area (TPSA) is 90.3 Å². The Morgan fingerprint density at radius 3 is 2.18 bits per heavy atom. The van der Waals surface area contributed by atoms with Crippen molar-refractivity contribution < 1.29 is 14.3 Å². The van der Waals surface area contributed by atoms with Crippen molar-refractivity contribution in [1.82, 2.24) is 9.55 Å². The second kappa shape index (κ2) is 11.4. The highest BCUT2D eigenvalue weighted by Crippen LogP contribution is 2.28. The summed E-state index contributed by atoms with van der Waals surface area (Å²) in [7, 11) is 0. The number of hydrogen-bond donors (Lipinski definition) is 1. The molecule has 39 heavy (non-hydrogen) atoms. The number of benzene rings is 4. The third-order valence-corrected chi connectivity index (χ3v) is 7.08. The number of nitrogens with one attached hydrogen (secondary N) is 1. The van der Waals surface area contributed by atoms with E-state index in [1.165, 1.54) is 23.3 Å². The Kier molecular flexibility index (Phi) is 7.56. The van der Waals surface area contributed by atoms with Crippen LogP contribution in [0.25, 0.3) is 16.6 Å². The lowest BCUT2D eigenvalue weighted by Crippen LogP contribution is -2.26. The van der Waals surface area contributed by atoms with E-state index in [0.29, 0.717) is 44.5 Å². The highest BCUT2D eigenvalue weighted by molar-refractivity contribution is 8.00. The van der Waals surface area contributed by atoms with Crippen molar-refractivity contribution in [1.29, 1.82) is 0 Å². The molecule has 1 atom stereocenters. The minimum Gasteiger partial charge on any atom is -0.457 e. The molecule has 1 heterocycles. The van der Waals surface area contributed by atoms with Gasteiger partial charge in [0, 0.05) is 11.3 Å². The first-order valence-electron chi connectivity index (χ1n) is 12.3. The van der Waals surface area contributed by atoms with E-state index in [1.807, 2.05) is 36.4 Å². The van der Waals surface area contributed by atoms with E-state index in [1.54, 1.807) is 73.7 Å². The standard InChI is InChI=1S/C31H25N3O4S/c1-20(35)22-12-14-23(15-13-22)32-29(36)21(2)39-31-33-28-11-7-6-10-27(28)30(37)34(31)24-16-18-26(19-17-24)38-25-8-4-3-5-9-25/h3-19,21H,1-2H3,(H,32,36). The molecule has 0 aliphatic rings. The van der Waals surface area contributed by atoms with Crippen LogP contribution in [0.1, 0.15) is 24.2 Å². The number of thioether (sulfide) groups is 1. The first kappa shape index (κ1) is 25.9. The molecule has 0 fully saturated rings. The van der Waals surface area contributed by atoms with E-state index in [-0.39, 0.29) is 17.2 Å². The molecular weight excluding hydrogens is 510 g/mol. The van der Waals surface area contributed by atoms with Gasteiger partial charge in [-0.3, -0.25) is 19.0 Å². The van der Waals surface area contributed by atoms with Crippen LogP contribution < -0.4 is 15.6 Å². The highest BCUT2D eigenvalue weighted by atomic mass is 32.2. The summed E-state index contributed by atoms with van der Waals surface area (Å²) in [5, 5.41) is 3.17. The Morgan fingerprint density at radius 2 is 1.49 bits per heavy atom.